The number of amides is 1. The van der Waals surface area contributed by atoms with Crippen LogP contribution in [0, 0.1) is 5.92 Å². The van der Waals surface area contributed by atoms with Crippen molar-refractivity contribution in [3.8, 4) is 0 Å². The molecule has 0 unspecified atom stereocenters. The summed E-state index contributed by atoms with van der Waals surface area (Å²) >= 11 is 12.1. The van der Waals surface area contributed by atoms with Gasteiger partial charge in [-0.05, 0) is 42.9 Å². The topological polar surface area (TPSA) is 79.0 Å². The van der Waals surface area contributed by atoms with E-state index in [9.17, 15) is 13.2 Å². The highest BCUT2D eigenvalue weighted by molar-refractivity contribution is 7.88. The zero-order valence-electron chi connectivity index (χ0n) is 17.9. The van der Waals surface area contributed by atoms with Crippen molar-refractivity contribution in [2.24, 2.45) is 5.92 Å². The number of carbonyl (C=O) groups is 1. The van der Waals surface area contributed by atoms with Gasteiger partial charge in [-0.15, -0.1) is 0 Å². The van der Waals surface area contributed by atoms with Gasteiger partial charge in [0.1, 0.15) is 0 Å². The number of sulfonamides is 1. The Morgan fingerprint density at radius 1 is 1.19 bits per heavy atom. The molecule has 1 atom stereocenters. The number of nitrogens with one attached hydrogen (secondary N) is 1. The third-order valence-corrected chi connectivity index (χ3v) is 8.00. The molecule has 1 N–H and O–H groups in total. The van der Waals surface area contributed by atoms with Crippen LogP contribution >= 0.6 is 23.2 Å². The maximum atomic E-state index is 12.3. The number of carbonyl (C=O) groups excluding carboxylic acids is 1. The van der Waals surface area contributed by atoms with Crippen molar-refractivity contribution >= 4 is 39.1 Å². The molecule has 2 aliphatic heterocycles. The molecule has 2 heterocycles. The molecule has 2 aliphatic rings. The molecule has 0 saturated carbocycles. The molecule has 0 spiro atoms. The van der Waals surface area contributed by atoms with Crippen LogP contribution in [0.1, 0.15) is 31.2 Å². The molecule has 174 valence electrons. The fourth-order valence-corrected chi connectivity index (χ4v) is 5.32. The number of rotatable bonds is 8. The summed E-state index contributed by atoms with van der Waals surface area (Å²) in [5.74, 6) is 0.423. The second-order valence-electron chi connectivity index (χ2n) is 8.42. The lowest BCUT2D eigenvalue weighted by molar-refractivity contribution is -0.122. The van der Waals surface area contributed by atoms with Gasteiger partial charge in [0.2, 0.25) is 15.9 Å². The van der Waals surface area contributed by atoms with E-state index in [0.29, 0.717) is 48.6 Å². The first kappa shape index (κ1) is 24.7. The van der Waals surface area contributed by atoms with Gasteiger partial charge in [-0.3, -0.25) is 9.69 Å². The molecule has 31 heavy (non-hydrogen) atoms. The molecule has 0 aliphatic carbocycles. The summed E-state index contributed by atoms with van der Waals surface area (Å²) in [5.41, 5.74) is 1.10. The first-order valence-corrected chi connectivity index (χ1v) is 13.3. The van der Waals surface area contributed by atoms with E-state index in [1.165, 1.54) is 10.6 Å². The Balaban J connectivity index is 1.35. The Morgan fingerprint density at radius 2 is 1.94 bits per heavy atom. The zero-order valence-corrected chi connectivity index (χ0v) is 20.2. The van der Waals surface area contributed by atoms with Gasteiger partial charge in [-0.1, -0.05) is 29.3 Å². The quantitative estimate of drug-likeness (QED) is 0.604. The molecular formula is C21H31Cl2N3O4S. The monoisotopic (exact) mass is 491 g/mol. The van der Waals surface area contributed by atoms with Crippen LogP contribution < -0.4 is 5.32 Å². The lowest BCUT2D eigenvalue weighted by Gasteiger charge is -2.33. The highest BCUT2D eigenvalue weighted by Gasteiger charge is 2.25. The zero-order chi connectivity index (χ0) is 22.4. The van der Waals surface area contributed by atoms with Crippen molar-refractivity contribution in [1.82, 2.24) is 14.5 Å². The van der Waals surface area contributed by atoms with Gasteiger partial charge in [0.15, 0.2) is 0 Å². The summed E-state index contributed by atoms with van der Waals surface area (Å²) < 4.78 is 30.5. The van der Waals surface area contributed by atoms with E-state index in [0.717, 1.165) is 44.5 Å². The average Bonchev–Trinajstić information content (AvgIpc) is 2.73. The molecule has 2 saturated heterocycles. The number of ether oxygens (including phenoxy) is 1. The third kappa shape index (κ3) is 7.87. The number of hydrogen-bond acceptors (Lipinski definition) is 5. The minimum absolute atomic E-state index is 0.0238. The summed E-state index contributed by atoms with van der Waals surface area (Å²) in [5, 5.41) is 4.09. The van der Waals surface area contributed by atoms with Crippen LogP contribution in [0.25, 0.3) is 0 Å². The molecule has 0 radical (unpaired) electrons. The van der Waals surface area contributed by atoms with Crippen molar-refractivity contribution < 1.29 is 17.9 Å². The van der Waals surface area contributed by atoms with Crippen LogP contribution in [-0.4, -0.2) is 75.2 Å². The third-order valence-electron chi connectivity index (χ3n) is 5.96. The second kappa shape index (κ2) is 11.3. The van der Waals surface area contributed by atoms with E-state index in [1.54, 1.807) is 0 Å². The lowest BCUT2D eigenvalue weighted by atomic mass is 9.93. The number of morpholine rings is 1. The maximum Gasteiger partial charge on any atom is 0.220 e. The molecule has 2 fully saturated rings. The van der Waals surface area contributed by atoms with Gasteiger partial charge in [-0.25, -0.2) is 12.7 Å². The molecular weight excluding hydrogens is 461 g/mol. The molecule has 7 nitrogen and oxygen atoms in total. The van der Waals surface area contributed by atoms with Crippen molar-refractivity contribution in [3.05, 3.63) is 33.8 Å². The Kier molecular flexibility index (Phi) is 9.01. The molecule has 1 aromatic rings. The second-order valence-corrected chi connectivity index (χ2v) is 11.2. The van der Waals surface area contributed by atoms with Crippen molar-refractivity contribution in [2.75, 3.05) is 45.6 Å². The fourth-order valence-electron chi connectivity index (χ4n) is 4.12. The molecule has 3 rings (SSSR count). The predicted octanol–water partition coefficient (Wildman–Crippen LogP) is 2.76. The summed E-state index contributed by atoms with van der Waals surface area (Å²) in [4.78, 5) is 14.6. The SMILES string of the molecule is CS(=O)(=O)N1CCC(CCC(=O)NC[C@H]2CN(Cc3ccc(Cl)c(Cl)c3)CCO2)CC1. The van der Waals surface area contributed by atoms with Crippen LogP contribution in [0.4, 0.5) is 0 Å². The molecule has 1 aromatic carbocycles. The first-order chi connectivity index (χ1) is 14.7. The van der Waals surface area contributed by atoms with Gasteiger partial charge in [0, 0.05) is 45.7 Å². The van der Waals surface area contributed by atoms with Crippen molar-refractivity contribution in [3.63, 3.8) is 0 Å². The number of hydrogen-bond donors (Lipinski definition) is 1. The van der Waals surface area contributed by atoms with Gasteiger partial charge < -0.3 is 10.1 Å². The van der Waals surface area contributed by atoms with E-state index in [1.807, 2.05) is 18.2 Å². The van der Waals surface area contributed by atoms with E-state index in [2.05, 4.69) is 10.2 Å². The van der Waals surface area contributed by atoms with Crippen molar-refractivity contribution in [1.29, 1.82) is 0 Å². The number of piperidine rings is 1. The first-order valence-electron chi connectivity index (χ1n) is 10.7. The predicted molar refractivity (Wildman–Crippen MR) is 123 cm³/mol. The number of benzene rings is 1. The van der Waals surface area contributed by atoms with Crippen molar-refractivity contribution in [2.45, 2.75) is 38.3 Å². The van der Waals surface area contributed by atoms with E-state index in [4.69, 9.17) is 27.9 Å². The van der Waals surface area contributed by atoms with Gasteiger partial charge >= 0.3 is 0 Å². The summed E-state index contributed by atoms with van der Waals surface area (Å²) in [6.07, 6.45) is 4.09. The highest BCUT2D eigenvalue weighted by atomic mass is 35.5. The largest absolute Gasteiger partial charge is 0.374 e. The smallest absolute Gasteiger partial charge is 0.220 e. The lowest BCUT2D eigenvalue weighted by Crippen LogP contribution is -2.47. The Hall–Kier alpha value is -0.900. The standard InChI is InChI=1S/C21H31Cl2N3O4S/c1-31(28,29)26-8-6-16(7-9-26)3-5-21(27)24-13-18-15-25(10-11-30-18)14-17-2-4-19(22)20(23)12-17/h2,4,12,16,18H,3,5-11,13-15H2,1H3,(H,24,27)/t18-/m0/s1. The van der Waals surface area contributed by atoms with Gasteiger partial charge in [0.25, 0.3) is 0 Å². The molecule has 0 bridgehead atoms. The maximum absolute atomic E-state index is 12.3. The number of halogens is 2. The van der Waals surface area contributed by atoms with Crippen LogP contribution in [0.15, 0.2) is 18.2 Å². The summed E-state index contributed by atoms with van der Waals surface area (Å²) in [7, 11) is -3.11. The van der Waals surface area contributed by atoms with Gasteiger partial charge in [0.05, 0.1) is 29.0 Å². The van der Waals surface area contributed by atoms with E-state index < -0.39 is 10.0 Å². The van der Waals surface area contributed by atoms with Crippen LogP contribution in [0.5, 0.6) is 0 Å². The summed E-state index contributed by atoms with van der Waals surface area (Å²) in [6, 6.07) is 5.67. The fraction of sp³-hybridized carbons (Fsp3) is 0.667. The molecule has 0 aromatic heterocycles. The van der Waals surface area contributed by atoms with Crippen LogP contribution in [0.2, 0.25) is 10.0 Å². The summed E-state index contributed by atoms with van der Waals surface area (Å²) in [6.45, 7) is 4.55. The number of nitrogens with zero attached hydrogens (tertiary/aromatic N) is 2. The Bertz CT molecular complexity index is 860. The van der Waals surface area contributed by atoms with Crippen LogP contribution in [-0.2, 0) is 26.1 Å². The highest BCUT2D eigenvalue weighted by Crippen LogP contribution is 2.24. The molecule has 1 amide bonds. The minimum Gasteiger partial charge on any atom is -0.374 e. The van der Waals surface area contributed by atoms with Gasteiger partial charge in [-0.2, -0.15) is 0 Å². The van der Waals surface area contributed by atoms with E-state index >= 15 is 0 Å². The minimum atomic E-state index is -3.11. The Morgan fingerprint density at radius 3 is 2.61 bits per heavy atom. The molecule has 10 heteroatoms. The Labute approximate surface area is 195 Å². The van der Waals surface area contributed by atoms with E-state index in [-0.39, 0.29) is 12.0 Å². The average molecular weight is 492 g/mol. The normalized spacial score (nSPS) is 21.8. The van der Waals surface area contributed by atoms with Crippen LogP contribution in [0.3, 0.4) is 0 Å².